The normalized spacial score (nSPS) is 10.4. The van der Waals surface area contributed by atoms with Crippen LogP contribution >= 0.6 is 0 Å². The van der Waals surface area contributed by atoms with Crippen LogP contribution in [0.2, 0.25) is 0 Å². The maximum absolute atomic E-state index is 10.8. The molecule has 0 unspecified atom stereocenters. The van der Waals surface area contributed by atoms with Gasteiger partial charge in [0, 0.05) is 13.1 Å². The molecule has 0 heterocycles. The maximum atomic E-state index is 10.8. The molecule has 0 rings (SSSR count). The van der Waals surface area contributed by atoms with Gasteiger partial charge in [-0.15, -0.1) is 0 Å². The predicted molar refractivity (Wildman–Crippen MR) is 55.8 cm³/mol. The highest BCUT2D eigenvalue weighted by atomic mass is 16.6. The number of hydrogen-bond acceptors (Lipinski definition) is 5. The Morgan fingerprint density at radius 2 is 2.07 bits per heavy atom. The number of aliphatic hydroxyl groups is 1. The summed E-state index contributed by atoms with van der Waals surface area (Å²) >= 11 is 0. The van der Waals surface area contributed by atoms with Crippen molar-refractivity contribution in [2.24, 2.45) is 0 Å². The number of rotatable bonds is 8. The summed E-state index contributed by atoms with van der Waals surface area (Å²) in [6.45, 7) is 2.23. The summed E-state index contributed by atoms with van der Waals surface area (Å²) in [7, 11) is 3.93. The molecule has 90 valence electrons. The summed E-state index contributed by atoms with van der Waals surface area (Å²) in [6, 6.07) is 0. The number of alkyl carbamates (subject to hydrolysis) is 1. The number of nitrogens with one attached hydrogen (secondary N) is 1. The first-order valence-corrected chi connectivity index (χ1v) is 4.90. The van der Waals surface area contributed by atoms with Crippen LogP contribution in [-0.4, -0.2) is 69.7 Å². The van der Waals surface area contributed by atoms with Gasteiger partial charge < -0.3 is 24.8 Å². The van der Waals surface area contributed by atoms with E-state index < -0.39 is 6.09 Å². The van der Waals surface area contributed by atoms with Gasteiger partial charge in [0.05, 0.1) is 19.8 Å². The van der Waals surface area contributed by atoms with E-state index in [1.54, 1.807) is 0 Å². The van der Waals surface area contributed by atoms with Gasteiger partial charge in [-0.2, -0.15) is 0 Å². The van der Waals surface area contributed by atoms with Crippen LogP contribution in [0.5, 0.6) is 0 Å². The Bertz CT molecular complexity index is 164. The fourth-order valence-electron chi connectivity index (χ4n) is 0.764. The minimum Gasteiger partial charge on any atom is -0.447 e. The zero-order chi connectivity index (χ0) is 11.5. The molecule has 6 nitrogen and oxygen atoms in total. The molecule has 0 bridgehead atoms. The summed E-state index contributed by atoms with van der Waals surface area (Å²) in [5.74, 6) is 0. The minimum absolute atomic E-state index is 0.0212. The first-order chi connectivity index (χ1) is 7.16. The lowest BCUT2D eigenvalue weighted by Crippen LogP contribution is -2.29. The summed E-state index contributed by atoms with van der Waals surface area (Å²) in [5.41, 5.74) is 0. The van der Waals surface area contributed by atoms with Gasteiger partial charge >= 0.3 is 6.09 Å². The quantitative estimate of drug-likeness (QED) is 0.528. The molecule has 0 atom stereocenters. The van der Waals surface area contributed by atoms with E-state index in [0.29, 0.717) is 19.8 Å². The topological polar surface area (TPSA) is 71.0 Å². The Labute approximate surface area is 90.2 Å². The van der Waals surface area contributed by atoms with Crippen LogP contribution in [-0.2, 0) is 9.47 Å². The summed E-state index contributed by atoms with van der Waals surface area (Å²) in [5, 5.41) is 10.9. The Morgan fingerprint density at radius 1 is 1.33 bits per heavy atom. The Morgan fingerprint density at radius 3 is 2.67 bits per heavy atom. The molecule has 0 aliphatic rings. The van der Waals surface area contributed by atoms with E-state index in [1.165, 1.54) is 0 Å². The first kappa shape index (κ1) is 14.2. The van der Waals surface area contributed by atoms with E-state index in [2.05, 4.69) is 10.1 Å². The molecule has 6 heteroatoms. The van der Waals surface area contributed by atoms with Gasteiger partial charge in [0.2, 0.25) is 0 Å². The van der Waals surface area contributed by atoms with Crippen LogP contribution in [0.4, 0.5) is 4.79 Å². The van der Waals surface area contributed by atoms with Gasteiger partial charge in [-0.1, -0.05) is 0 Å². The predicted octanol–water partition coefficient (Wildman–Crippen LogP) is -0.717. The van der Waals surface area contributed by atoms with Crippen LogP contribution in [0, 0.1) is 0 Å². The standard InChI is InChI=1S/C9H20N2O4/c1-11(2)4-7-14-6-3-10-9(13)15-8-5-12/h12H,3-8H2,1-2H3,(H,10,13). The molecule has 0 aromatic carbocycles. The third-order valence-corrected chi connectivity index (χ3v) is 1.52. The third kappa shape index (κ3) is 11.1. The van der Waals surface area contributed by atoms with Crippen LogP contribution in [0.15, 0.2) is 0 Å². The van der Waals surface area contributed by atoms with E-state index in [0.717, 1.165) is 6.54 Å². The highest BCUT2D eigenvalue weighted by Crippen LogP contribution is 1.79. The molecule has 0 spiro atoms. The summed E-state index contributed by atoms with van der Waals surface area (Å²) in [4.78, 5) is 12.9. The molecular formula is C9H20N2O4. The van der Waals surface area contributed by atoms with Gasteiger partial charge in [-0.3, -0.25) is 0 Å². The molecule has 0 saturated carbocycles. The van der Waals surface area contributed by atoms with Crippen molar-refractivity contribution in [1.82, 2.24) is 10.2 Å². The molecule has 0 fully saturated rings. The van der Waals surface area contributed by atoms with Gasteiger partial charge in [0.25, 0.3) is 0 Å². The fraction of sp³-hybridized carbons (Fsp3) is 0.889. The molecular weight excluding hydrogens is 200 g/mol. The van der Waals surface area contributed by atoms with Crippen LogP contribution < -0.4 is 5.32 Å². The van der Waals surface area contributed by atoms with Gasteiger partial charge in [-0.25, -0.2) is 4.79 Å². The Balaban J connectivity index is 3.13. The molecule has 1 amide bonds. The molecule has 0 aliphatic heterocycles. The average molecular weight is 220 g/mol. The Kier molecular flexibility index (Phi) is 9.15. The Hall–Kier alpha value is -0.850. The largest absolute Gasteiger partial charge is 0.447 e. The highest BCUT2D eigenvalue weighted by Gasteiger charge is 1.99. The van der Waals surface area contributed by atoms with Crippen molar-refractivity contribution in [3.63, 3.8) is 0 Å². The number of carbonyl (C=O) groups is 1. The first-order valence-electron chi connectivity index (χ1n) is 4.90. The number of hydrogen-bond donors (Lipinski definition) is 2. The lowest BCUT2D eigenvalue weighted by molar-refractivity contribution is 0.103. The van der Waals surface area contributed by atoms with E-state index >= 15 is 0 Å². The van der Waals surface area contributed by atoms with E-state index in [-0.39, 0.29) is 13.2 Å². The van der Waals surface area contributed by atoms with Crippen LogP contribution in [0.1, 0.15) is 0 Å². The van der Waals surface area contributed by atoms with Gasteiger partial charge in [-0.05, 0) is 14.1 Å². The number of ether oxygens (including phenoxy) is 2. The molecule has 0 radical (unpaired) electrons. The van der Waals surface area contributed by atoms with Crippen LogP contribution in [0.25, 0.3) is 0 Å². The summed E-state index contributed by atoms with van der Waals surface area (Å²) < 4.78 is 9.81. The number of nitrogens with zero attached hydrogens (tertiary/aromatic N) is 1. The van der Waals surface area contributed by atoms with Crippen molar-refractivity contribution in [3.8, 4) is 0 Å². The van der Waals surface area contributed by atoms with E-state index in [1.807, 2.05) is 19.0 Å². The molecule has 0 aliphatic carbocycles. The number of carbonyl (C=O) groups excluding carboxylic acids is 1. The second-order valence-corrected chi connectivity index (χ2v) is 3.20. The third-order valence-electron chi connectivity index (χ3n) is 1.52. The van der Waals surface area contributed by atoms with Crippen molar-refractivity contribution in [3.05, 3.63) is 0 Å². The van der Waals surface area contributed by atoms with E-state index in [4.69, 9.17) is 9.84 Å². The number of amides is 1. The lowest BCUT2D eigenvalue weighted by Gasteiger charge is -2.10. The van der Waals surface area contributed by atoms with Gasteiger partial charge in [0.1, 0.15) is 6.61 Å². The number of aliphatic hydroxyl groups excluding tert-OH is 1. The number of likely N-dealkylation sites (N-methyl/N-ethyl adjacent to an activating group) is 1. The molecule has 0 aromatic rings. The van der Waals surface area contributed by atoms with Crippen molar-refractivity contribution >= 4 is 6.09 Å². The zero-order valence-corrected chi connectivity index (χ0v) is 9.36. The fourth-order valence-corrected chi connectivity index (χ4v) is 0.764. The second-order valence-electron chi connectivity index (χ2n) is 3.20. The van der Waals surface area contributed by atoms with Crippen molar-refractivity contribution in [2.45, 2.75) is 0 Å². The molecule has 0 saturated heterocycles. The van der Waals surface area contributed by atoms with Gasteiger partial charge in [0.15, 0.2) is 0 Å². The lowest BCUT2D eigenvalue weighted by atomic mass is 10.6. The SMILES string of the molecule is CN(C)CCOCCNC(=O)OCCO. The zero-order valence-electron chi connectivity index (χ0n) is 9.36. The smallest absolute Gasteiger partial charge is 0.407 e. The molecule has 2 N–H and O–H groups in total. The minimum atomic E-state index is -0.528. The highest BCUT2D eigenvalue weighted by molar-refractivity contribution is 5.66. The summed E-state index contributed by atoms with van der Waals surface area (Å²) in [6.07, 6.45) is -0.528. The van der Waals surface area contributed by atoms with E-state index in [9.17, 15) is 4.79 Å². The van der Waals surface area contributed by atoms with Crippen molar-refractivity contribution in [1.29, 1.82) is 0 Å². The second kappa shape index (κ2) is 9.70. The van der Waals surface area contributed by atoms with Crippen LogP contribution in [0.3, 0.4) is 0 Å². The van der Waals surface area contributed by atoms with Crippen molar-refractivity contribution < 1.29 is 19.4 Å². The maximum Gasteiger partial charge on any atom is 0.407 e. The monoisotopic (exact) mass is 220 g/mol. The molecule has 15 heavy (non-hydrogen) atoms. The average Bonchev–Trinajstić information content (AvgIpc) is 2.19. The molecule has 0 aromatic heterocycles. The van der Waals surface area contributed by atoms with Crippen molar-refractivity contribution in [2.75, 3.05) is 53.6 Å².